The molecule has 3 rings (SSSR count). The Morgan fingerprint density at radius 2 is 1.78 bits per heavy atom. The smallest absolute Gasteiger partial charge is 0.193 e. The lowest BCUT2D eigenvalue weighted by Gasteiger charge is -2.28. The third-order valence-electron chi connectivity index (χ3n) is 5.19. The Morgan fingerprint density at radius 1 is 0.963 bits per heavy atom. The van der Waals surface area contributed by atoms with Gasteiger partial charge in [-0.15, -0.1) is 11.3 Å². The highest BCUT2D eigenvalue weighted by molar-refractivity contribution is 7.15. The van der Waals surface area contributed by atoms with E-state index in [9.17, 15) is 0 Å². The van der Waals surface area contributed by atoms with Crippen molar-refractivity contribution in [3.05, 3.63) is 41.0 Å². The van der Waals surface area contributed by atoms with E-state index in [1.165, 1.54) is 61.1 Å². The summed E-state index contributed by atoms with van der Waals surface area (Å²) in [6, 6.07) is 8.63. The van der Waals surface area contributed by atoms with E-state index in [0.717, 1.165) is 24.5 Å². The molecule has 1 aliphatic heterocycles. The van der Waals surface area contributed by atoms with Crippen LogP contribution < -0.4 is 0 Å². The normalized spacial score (nSPS) is 20.1. The van der Waals surface area contributed by atoms with Crippen LogP contribution in [0.2, 0.25) is 0 Å². The number of pyridine rings is 1. The quantitative estimate of drug-likeness (QED) is 0.421. The van der Waals surface area contributed by atoms with Gasteiger partial charge in [0.2, 0.25) is 0 Å². The third kappa shape index (κ3) is 6.13. The van der Waals surface area contributed by atoms with Crippen molar-refractivity contribution in [2.24, 2.45) is 5.92 Å². The lowest BCUT2D eigenvalue weighted by atomic mass is 10.0. The molecule has 0 unspecified atom stereocenters. The fourth-order valence-corrected chi connectivity index (χ4v) is 4.44. The number of nitrogens with zero attached hydrogens (tertiary/aromatic N) is 1. The summed E-state index contributed by atoms with van der Waals surface area (Å²) in [5, 5.41) is 0. The van der Waals surface area contributed by atoms with Gasteiger partial charge in [0.25, 0.3) is 0 Å². The molecular formula is C23H33NO2S. The van der Waals surface area contributed by atoms with E-state index in [1.807, 2.05) is 6.20 Å². The highest BCUT2D eigenvalue weighted by Gasteiger charge is 2.24. The van der Waals surface area contributed by atoms with E-state index in [-0.39, 0.29) is 6.29 Å². The Bertz CT molecular complexity index is 659. The van der Waals surface area contributed by atoms with Gasteiger partial charge in [-0.05, 0) is 37.5 Å². The summed E-state index contributed by atoms with van der Waals surface area (Å²) >= 11 is 1.75. The molecule has 27 heavy (non-hydrogen) atoms. The van der Waals surface area contributed by atoms with Crippen molar-refractivity contribution < 1.29 is 9.47 Å². The molecule has 0 N–H and O–H groups in total. The molecule has 2 aromatic rings. The first-order valence-corrected chi connectivity index (χ1v) is 11.4. The van der Waals surface area contributed by atoms with E-state index in [2.05, 4.69) is 43.1 Å². The Balaban J connectivity index is 1.49. The second kappa shape index (κ2) is 10.9. The SMILES string of the molecule is CCCCCC[C@H]1CO[C@H](c2ccc(-c3ccc(CCCC)nc3)s2)OC1. The van der Waals surface area contributed by atoms with E-state index < -0.39 is 0 Å². The maximum Gasteiger partial charge on any atom is 0.193 e. The molecule has 3 heterocycles. The molecule has 0 atom stereocenters. The van der Waals surface area contributed by atoms with Gasteiger partial charge in [-0.2, -0.15) is 0 Å². The number of ether oxygens (including phenoxy) is 2. The summed E-state index contributed by atoms with van der Waals surface area (Å²) in [6.45, 7) is 6.10. The number of thiophene rings is 1. The third-order valence-corrected chi connectivity index (χ3v) is 6.34. The minimum Gasteiger partial charge on any atom is -0.347 e. The van der Waals surface area contributed by atoms with Crippen LogP contribution in [0.15, 0.2) is 30.5 Å². The van der Waals surface area contributed by atoms with Gasteiger partial charge in [-0.3, -0.25) is 4.98 Å². The zero-order chi connectivity index (χ0) is 18.9. The molecule has 1 saturated heterocycles. The van der Waals surface area contributed by atoms with Crippen molar-refractivity contribution >= 4 is 11.3 Å². The Kier molecular flexibility index (Phi) is 8.31. The molecule has 0 aromatic carbocycles. The van der Waals surface area contributed by atoms with Gasteiger partial charge in [-0.1, -0.05) is 52.0 Å². The predicted octanol–water partition coefficient (Wildman–Crippen LogP) is 6.78. The standard InChI is InChI=1S/C23H33NO2S/c1-3-5-7-8-9-18-16-25-23(26-17-18)22-14-13-21(27-22)19-11-12-20(24-15-19)10-6-4-2/h11-15,18,23H,3-10,16-17H2,1-2H3/t18-,23-. The van der Waals surface area contributed by atoms with Gasteiger partial charge in [0, 0.05) is 28.2 Å². The monoisotopic (exact) mass is 387 g/mol. The predicted molar refractivity (Wildman–Crippen MR) is 113 cm³/mol. The number of hydrogen-bond acceptors (Lipinski definition) is 4. The fraction of sp³-hybridized carbons (Fsp3) is 0.609. The second-order valence-corrected chi connectivity index (χ2v) is 8.67. The van der Waals surface area contributed by atoms with Crippen LogP contribution in [0.5, 0.6) is 0 Å². The summed E-state index contributed by atoms with van der Waals surface area (Å²) < 4.78 is 12.0. The summed E-state index contributed by atoms with van der Waals surface area (Å²) in [5.74, 6) is 0.553. The van der Waals surface area contributed by atoms with Crippen molar-refractivity contribution in [3.8, 4) is 10.4 Å². The first kappa shape index (κ1) is 20.5. The molecule has 0 spiro atoms. The largest absolute Gasteiger partial charge is 0.347 e. The molecule has 0 saturated carbocycles. The van der Waals surface area contributed by atoms with Crippen molar-refractivity contribution in [1.82, 2.24) is 4.98 Å². The average molecular weight is 388 g/mol. The first-order chi connectivity index (χ1) is 13.3. The maximum absolute atomic E-state index is 6.02. The molecule has 0 aliphatic carbocycles. The minimum absolute atomic E-state index is 0.201. The van der Waals surface area contributed by atoms with Crippen LogP contribution in [0, 0.1) is 5.92 Å². The van der Waals surface area contributed by atoms with Crippen LogP contribution in [-0.4, -0.2) is 18.2 Å². The van der Waals surface area contributed by atoms with E-state index in [1.54, 1.807) is 11.3 Å². The number of aromatic nitrogens is 1. The Hall–Kier alpha value is -1.23. The van der Waals surface area contributed by atoms with Gasteiger partial charge < -0.3 is 9.47 Å². The zero-order valence-electron chi connectivity index (χ0n) is 16.8. The Labute approximate surface area is 168 Å². The molecule has 2 aromatic heterocycles. The lowest BCUT2D eigenvalue weighted by Crippen LogP contribution is -2.26. The first-order valence-electron chi connectivity index (χ1n) is 10.6. The highest BCUT2D eigenvalue weighted by atomic mass is 32.1. The summed E-state index contributed by atoms with van der Waals surface area (Å²) in [6.07, 6.45) is 11.7. The average Bonchev–Trinajstić information content (AvgIpc) is 3.21. The minimum atomic E-state index is -0.201. The second-order valence-electron chi connectivity index (χ2n) is 7.56. The number of aryl methyl sites for hydroxylation is 1. The van der Waals surface area contributed by atoms with Gasteiger partial charge in [0.1, 0.15) is 0 Å². The molecule has 4 heteroatoms. The van der Waals surface area contributed by atoms with Gasteiger partial charge >= 0.3 is 0 Å². The van der Waals surface area contributed by atoms with Crippen molar-refractivity contribution in [1.29, 1.82) is 0 Å². The Morgan fingerprint density at radius 3 is 2.48 bits per heavy atom. The molecular weight excluding hydrogens is 354 g/mol. The van der Waals surface area contributed by atoms with Crippen LogP contribution in [0.3, 0.4) is 0 Å². The number of unbranched alkanes of at least 4 members (excludes halogenated alkanes) is 4. The molecule has 148 valence electrons. The molecule has 0 bridgehead atoms. The van der Waals surface area contributed by atoms with E-state index in [4.69, 9.17) is 9.47 Å². The van der Waals surface area contributed by atoms with Gasteiger partial charge in [0.05, 0.1) is 18.1 Å². The lowest BCUT2D eigenvalue weighted by molar-refractivity contribution is -0.204. The van der Waals surface area contributed by atoms with Crippen LogP contribution in [0.4, 0.5) is 0 Å². The van der Waals surface area contributed by atoms with Crippen molar-refractivity contribution in [2.45, 2.75) is 71.5 Å². The summed E-state index contributed by atoms with van der Waals surface area (Å²) in [5.41, 5.74) is 2.36. The van der Waals surface area contributed by atoms with Crippen molar-refractivity contribution in [3.63, 3.8) is 0 Å². The van der Waals surface area contributed by atoms with Gasteiger partial charge in [0.15, 0.2) is 6.29 Å². The highest BCUT2D eigenvalue weighted by Crippen LogP contribution is 2.35. The van der Waals surface area contributed by atoms with Crippen molar-refractivity contribution in [2.75, 3.05) is 13.2 Å². The molecule has 0 radical (unpaired) electrons. The van der Waals surface area contributed by atoms with E-state index in [0.29, 0.717) is 5.92 Å². The van der Waals surface area contributed by atoms with Crippen LogP contribution >= 0.6 is 11.3 Å². The van der Waals surface area contributed by atoms with Crippen LogP contribution in [-0.2, 0) is 15.9 Å². The molecule has 3 nitrogen and oxygen atoms in total. The molecule has 1 fully saturated rings. The number of rotatable bonds is 10. The zero-order valence-corrected chi connectivity index (χ0v) is 17.6. The summed E-state index contributed by atoms with van der Waals surface area (Å²) in [7, 11) is 0. The topological polar surface area (TPSA) is 31.4 Å². The molecule has 0 amide bonds. The van der Waals surface area contributed by atoms with Crippen LogP contribution in [0.25, 0.3) is 10.4 Å². The number of hydrogen-bond donors (Lipinski definition) is 0. The maximum atomic E-state index is 6.02. The van der Waals surface area contributed by atoms with Gasteiger partial charge in [-0.25, -0.2) is 0 Å². The van der Waals surface area contributed by atoms with Crippen LogP contribution in [0.1, 0.15) is 75.7 Å². The summed E-state index contributed by atoms with van der Waals surface area (Å²) in [4.78, 5) is 7.00. The fourth-order valence-electron chi connectivity index (χ4n) is 3.44. The van der Waals surface area contributed by atoms with E-state index >= 15 is 0 Å². The molecule has 1 aliphatic rings.